The van der Waals surface area contributed by atoms with Crippen molar-refractivity contribution >= 4 is 36.5 Å². The van der Waals surface area contributed by atoms with E-state index in [1.54, 1.807) is 0 Å². The average Bonchev–Trinajstić information content (AvgIpc) is 3.56. The van der Waals surface area contributed by atoms with E-state index in [2.05, 4.69) is 41.5 Å². The molecule has 6 rings (SSSR count). The smallest absolute Gasteiger partial charge is 0.407 e. The van der Waals surface area contributed by atoms with Crippen LogP contribution < -0.4 is 10.6 Å². The van der Waals surface area contributed by atoms with E-state index < -0.39 is 48.5 Å². The van der Waals surface area contributed by atoms with Crippen LogP contribution in [0.4, 0.5) is 4.79 Å². The van der Waals surface area contributed by atoms with Gasteiger partial charge in [0.25, 0.3) is 0 Å². The molecule has 1 unspecified atom stereocenters. The molecule has 0 heterocycles. The number of amides is 3. The molecule has 258 valence electrons. The van der Waals surface area contributed by atoms with Gasteiger partial charge in [0.1, 0.15) is 24.7 Å². The van der Waals surface area contributed by atoms with Gasteiger partial charge in [0.15, 0.2) is 0 Å². The molecule has 51 heavy (non-hydrogen) atoms. The fourth-order valence-corrected chi connectivity index (χ4v) is 7.17. The Balaban J connectivity index is 1.18. The summed E-state index contributed by atoms with van der Waals surface area (Å²) in [4.78, 5) is 54.1. The molecule has 0 spiro atoms. The lowest BCUT2D eigenvalue weighted by molar-refractivity contribution is -0.152. The van der Waals surface area contributed by atoms with Crippen LogP contribution in [0.15, 0.2) is 133 Å². The highest BCUT2D eigenvalue weighted by Gasteiger charge is 2.49. The highest BCUT2D eigenvalue weighted by atomic mass is 32.1. The Morgan fingerprint density at radius 1 is 0.706 bits per heavy atom. The number of thiol groups is 1. The number of hydrogen-bond acceptors (Lipinski definition) is 6. The van der Waals surface area contributed by atoms with Gasteiger partial charge >= 0.3 is 12.1 Å². The van der Waals surface area contributed by atoms with E-state index in [0.717, 1.165) is 23.1 Å². The van der Waals surface area contributed by atoms with Crippen molar-refractivity contribution in [1.29, 1.82) is 0 Å². The van der Waals surface area contributed by atoms with Crippen molar-refractivity contribution in [2.24, 2.45) is 0 Å². The van der Waals surface area contributed by atoms with Crippen molar-refractivity contribution in [3.8, 4) is 11.1 Å². The third-order valence-corrected chi connectivity index (χ3v) is 9.46. The predicted octanol–water partition coefficient (Wildman–Crippen LogP) is 5.80. The number of rotatable bonds is 13. The standard InChI is InChI=1S/C41H37N3O6S/c45-37(24-43-40(49)50-26-29-14-12-22-34-33-21-11-10-13-28(33)23-35(29)34)42-25-38(46)44(36(27-51)39(47)48)41(30-15-4-1-5-16-30,31-17-6-2-7-18-31)32-19-8-3-9-20-32/h1-22,36,51H,23-27H2,(H,42,45)(H,43,49)(H,47,48). The number of ether oxygens (including phenoxy) is 1. The fourth-order valence-electron chi connectivity index (χ4n) is 6.85. The van der Waals surface area contributed by atoms with Crippen LogP contribution in [0.1, 0.15) is 33.4 Å². The largest absolute Gasteiger partial charge is 0.480 e. The number of benzene rings is 5. The van der Waals surface area contributed by atoms with E-state index in [0.29, 0.717) is 16.7 Å². The van der Waals surface area contributed by atoms with Gasteiger partial charge < -0.3 is 25.4 Å². The van der Waals surface area contributed by atoms with Crippen molar-refractivity contribution in [2.45, 2.75) is 24.6 Å². The minimum Gasteiger partial charge on any atom is -0.480 e. The lowest BCUT2D eigenvalue weighted by Crippen LogP contribution is -2.61. The molecular weight excluding hydrogens is 663 g/mol. The number of nitrogens with one attached hydrogen (secondary N) is 2. The SMILES string of the molecule is O=C(CNC(=O)OCc1cccc2c1Cc1ccccc1-2)NCC(=O)N(C(CS)C(=O)O)C(c1ccccc1)(c1ccccc1)c1ccccc1. The zero-order valence-electron chi connectivity index (χ0n) is 27.7. The maximum atomic E-state index is 14.4. The van der Waals surface area contributed by atoms with E-state index in [-0.39, 0.29) is 12.4 Å². The molecule has 1 aliphatic carbocycles. The maximum Gasteiger partial charge on any atom is 0.407 e. The minimum atomic E-state index is -1.42. The number of alkyl carbamates (subject to hydrolysis) is 1. The number of carboxylic acid groups (broad SMARTS) is 1. The summed E-state index contributed by atoms with van der Waals surface area (Å²) in [6.07, 6.45) is -0.0422. The predicted molar refractivity (Wildman–Crippen MR) is 197 cm³/mol. The average molecular weight is 700 g/mol. The van der Waals surface area contributed by atoms with Gasteiger partial charge in [0.2, 0.25) is 11.8 Å². The Kier molecular flexibility index (Phi) is 10.8. The summed E-state index contributed by atoms with van der Waals surface area (Å²) in [7, 11) is 0. The summed E-state index contributed by atoms with van der Waals surface area (Å²) >= 11 is 4.38. The quantitative estimate of drug-likeness (QED) is 0.0892. The summed E-state index contributed by atoms with van der Waals surface area (Å²) in [5.74, 6) is -2.77. The normalized spacial score (nSPS) is 12.2. The highest BCUT2D eigenvalue weighted by Crippen LogP contribution is 2.44. The second-order valence-electron chi connectivity index (χ2n) is 12.1. The van der Waals surface area contributed by atoms with Crippen LogP contribution >= 0.6 is 12.6 Å². The second-order valence-corrected chi connectivity index (χ2v) is 12.5. The molecule has 10 heteroatoms. The molecular formula is C41H37N3O6S. The number of fused-ring (bicyclic) bond motifs is 3. The number of carbonyl (C=O) groups excluding carboxylic acids is 3. The van der Waals surface area contributed by atoms with E-state index >= 15 is 0 Å². The molecule has 0 saturated heterocycles. The van der Waals surface area contributed by atoms with E-state index in [9.17, 15) is 24.3 Å². The molecule has 0 aromatic heterocycles. The molecule has 9 nitrogen and oxygen atoms in total. The Morgan fingerprint density at radius 3 is 1.82 bits per heavy atom. The number of carbonyl (C=O) groups is 4. The first-order valence-electron chi connectivity index (χ1n) is 16.5. The van der Waals surface area contributed by atoms with E-state index in [1.807, 2.05) is 115 Å². The van der Waals surface area contributed by atoms with Gasteiger partial charge in [-0.05, 0) is 50.9 Å². The van der Waals surface area contributed by atoms with Crippen LogP contribution in [0.2, 0.25) is 0 Å². The molecule has 3 amide bonds. The van der Waals surface area contributed by atoms with Gasteiger partial charge in [-0.1, -0.05) is 133 Å². The third-order valence-electron chi connectivity index (χ3n) is 9.11. The first kappa shape index (κ1) is 35.0. The minimum absolute atomic E-state index is 0.0267. The van der Waals surface area contributed by atoms with E-state index in [1.165, 1.54) is 16.0 Å². The highest BCUT2D eigenvalue weighted by molar-refractivity contribution is 7.80. The number of carboxylic acids is 1. The molecule has 0 aliphatic heterocycles. The zero-order valence-corrected chi connectivity index (χ0v) is 28.6. The first-order valence-corrected chi connectivity index (χ1v) is 17.2. The molecule has 1 aliphatic rings. The van der Waals surface area contributed by atoms with Crippen LogP contribution in [0.5, 0.6) is 0 Å². The van der Waals surface area contributed by atoms with Crippen molar-refractivity contribution in [3.05, 3.63) is 167 Å². The maximum absolute atomic E-state index is 14.4. The summed E-state index contributed by atoms with van der Waals surface area (Å²) in [6, 6.07) is 40.2. The van der Waals surface area contributed by atoms with Crippen molar-refractivity contribution in [3.63, 3.8) is 0 Å². The number of nitrogens with zero attached hydrogens (tertiary/aromatic N) is 1. The number of aliphatic carboxylic acids is 1. The van der Waals surface area contributed by atoms with Crippen LogP contribution in [-0.4, -0.2) is 58.8 Å². The summed E-state index contributed by atoms with van der Waals surface area (Å²) in [5.41, 5.74) is 6.00. The van der Waals surface area contributed by atoms with Gasteiger partial charge in [-0.25, -0.2) is 9.59 Å². The summed E-state index contributed by atoms with van der Waals surface area (Å²) in [5, 5.41) is 15.5. The van der Waals surface area contributed by atoms with E-state index in [4.69, 9.17) is 4.74 Å². The molecule has 0 saturated carbocycles. The van der Waals surface area contributed by atoms with Crippen LogP contribution in [-0.2, 0) is 37.7 Å². The van der Waals surface area contributed by atoms with Crippen molar-refractivity contribution in [1.82, 2.24) is 15.5 Å². The Labute approximate surface area is 301 Å². The lowest BCUT2D eigenvalue weighted by atomic mass is 9.74. The van der Waals surface area contributed by atoms with Gasteiger partial charge in [-0.15, -0.1) is 0 Å². The zero-order chi connectivity index (χ0) is 35.8. The molecule has 0 radical (unpaired) electrons. The molecule has 0 bridgehead atoms. The molecule has 0 fully saturated rings. The fraction of sp³-hybridized carbons (Fsp3) is 0.171. The van der Waals surface area contributed by atoms with Crippen LogP contribution in [0, 0.1) is 0 Å². The first-order chi connectivity index (χ1) is 24.8. The Bertz CT molecular complexity index is 1930. The monoisotopic (exact) mass is 699 g/mol. The Morgan fingerprint density at radius 2 is 1.25 bits per heavy atom. The molecule has 1 atom stereocenters. The van der Waals surface area contributed by atoms with Gasteiger partial charge in [-0.2, -0.15) is 12.6 Å². The second kappa shape index (κ2) is 15.8. The van der Waals surface area contributed by atoms with Crippen molar-refractivity contribution in [2.75, 3.05) is 18.8 Å². The van der Waals surface area contributed by atoms with Gasteiger partial charge in [-0.3, -0.25) is 9.59 Å². The Hall–Kier alpha value is -5.87. The number of hydrogen-bond donors (Lipinski definition) is 4. The lowest BCUT2D eigenvalue weighted by Gasteiger charge is -2.48. The topological polar surface area (TPSA) is 125 Å². The summed E-state index contributed by atoms with van der Waals surface area (Å²) < 4.78 is 5.45. The third kappa shape index (κ3) is 7.22. The van der Waals surface area contributed by atoms with Gasteiger partial charge in [0, 0.05) is 5.75 Å². The molecule has 3 N–H and O–H groups in total. The summed E-state index contributed by atoms with van der Waals surface area (Å²) in [6.45, 7) is -0.975. The van der Waals surface area contributed by atoms with Crippen LogP contribution in [0.25, 0.3) is 11.1 Å². The van der Waals surface area contributed by atoms with Crippen molar-refractivity contribution < 1.29 is 29.0 Å². The van der Waals surface area contributed by atoms with Gasteiger partial charge in [0.05, 0.1) is 6.54 Å². The molecule has 5 aromatic rings. The van der Waals surface area contributed by atoms with Crippen LogP contribution in [0.3, 0.4) is 0 Å². The molecule has 5 aromatic carbocycles.